The molecule has 1 atom stereocenters. The van der Waals surface area contributed by atoms with Gasteiger partial charge >= 0.3 is 0 Å². The molecule has 0 radical (unpaired) electrons. The highest BCUT2D eigenvalue weighted by Gasteiger charge is 2.21. The Labute approximate surface area is 136 Å². The number of aromatic nitrogens is 1. The number of hydrogen-bond acceptors (Lipinski definition) is 4. The summed E-state index contributed by atoms with van der Waals surface area (Å²) in [4.78, 5) is 17.6. The molecular formula is C18H24N2O3. The highest BCUT2D eigenvalue weighted by atomic mass is 16.5. The van der Waals surface area contributed by atoms with Gasteiger partial charge in [0, 0.05) is 44.4 Å². The summed E-state index contributed by atoms with van der Waals surface area (Å²) in [5.41, 5.74) is 2.87. The van der Waals surface area contributed by atoms with E-state index < -0.39 is 0 Å². The maximum atomic E-state index is 12.3. The second-order valence-corrected chi connectivity index (χ2v) is 6.22. The maximum Gasteiger partial charge on any atom is 0.252 e. The predicted molar refractivity (Wildman–Crippen MR) is 90.8 cm³/mol. The topological polar surface area (TPSA) is 54.6 Å². The Hall–Kier alpha value is -1.69. The number of ether oxygens (including phenoxy) is 2. The van der Waals surface area contributed by atoms with Gasteiger partial charge in [0.15, 0.2) is 0 Å². The molecule has 3 rings (SSSR count). The molecule has 1 saturated heterocycles. The number of benzene rings is 1. The fraction of sp³-hybridized carbons (Fsp3) is 0.500. The van der Waals surface area contributed by atoms with Gasteiger partial charge < -0.3 is 14.5 Å². The second-order valence-electron chi connectivity index (χ2n) is 6.22. The minimum atomic E-state index is 0.00281. The molecule has 1 aliphatic rings. The first-order valence-corrected chi connectivity index (χ1v) is 8.11. The maximum absolute atomic E-state index is 12.3. The van der Waals surface area contributed by atoms with Crippen molar-refractivity contribution in [3.05, 3.63) is 45.7 Å². The molecule has 0 amide bonds. The number of nitrogens with one attached hydrogen (secondary N) is 1. The molecule has 0 aliphatic carbocycles. The largest absolute Gasteiger partial charge is 0.385 e. The molecule has 1 aliphatic heterocycles. The van der Waals surface area contributed by atoms with Gasteiger partial charge in [0.05, 0.1) is 12.7 Å². The van der Waals surface area contributed by atoms with Crippen LogP contribution in [0.3, 0.4) is 0 Å². The molecule has 5 nitrogen and oxygen atoms in total. The monoisotopic (exact) mass is 316 g/mol. The Balaban J connectivity index is 1.74. The zero-order chi connectivity index (χ0) is 16.2. The van der Waals surface area contributed by atoms with Crippen LogP contribution in [0, 0.1) is 6.92 Å². The summed E-state index contributed by atoms with van der Waals surface area (Å²) in [5.74, 6) is 0. The fourth-order valence-corrected chi connectivity index (χ4v) is 3.07. The standard InChI is InChI=1S/C18H24N2O3/c1-13-3-4-14-10-15(18(21)19-17(14)9-13)11-20-6-8-23-16(12-20)5-7-22-2/h3-4,9-10,16H,5-8,11-12H2,1-2H3,(H,19,21)/t16-/m1/s1. The second kappa shape index (κ2) is 7.25. The summed E-state index contributed by atoms with van der Waals surface area (Å²) in [5, 5.41) is 1.08. The van der Waals surface area contributed by atoms with E-state index >= 15 is 0 Å². The first-order valence-electron chi connectivity index (χ1n) is 8.11. The molecule has 0 unspecified atom stereocenters. The molecule has 2 heterocycles. The molecule has 1 aromatic heterocycles. The quantitative estimate of drug-likeness (QED) is 0.917. The lowest BCUT2D eigenvalue weighted by molar-refractivity contribution is -0.0433. The number of pyridine rings is 1. The highest BCUT2D eigenvalue weighted by molar-refractivity contribution is 5.79. The molecule has 0 spiro atoms. The summed E-state index contributed by atoms with van der Waals surface area (Å²) in [7, 11) is 1.71. The van der Waals surface area contributed by atoms with Crippen LogP contribution in [-0.4, -0.2) is 49.4 Å². The van der Waals surface area contributed by atoms with E-state index in [-0.39, 0.29) is 11.7 Å². The third-order valence-electron chi connectivity index (χ3n) is 4.34. The van der Waals surface area contributed by atoms with Gasteiger partial charge in [-0.05, 0) is 36.4 Å². The Morgan fingerprint density at radius 3 is 3.09 bits per heavy atom. The van der Waals surface area contributed by atoms with E-state index in [1.54, 1.807) is 7.11 Å². The van der Waals surface area contributed by atoms with E-state index in [0.717, 1.165) is 41.5 Å². The Bertz CT molecular complexity index is 726. The van der Waals surface area contributed by atoms with Gasteiger partial charge in [-0.3, -0.25) is 9.69 Å². The number of aryl methyl sites for hydroxylation is 1. The van der Waals surface area contributed by atoms with E-state index in [1.165, 1.54) is 0 Å². The van der Waals surface area contributed by atoms with Crippen molar-refractivity contribution in [3.63, 3.8) is 0 Å². The van der Waals surface area contributed by atoms with Crippen LogP contribution in [0.2, 0.25) is 0 Å². The van der Waals surface area contributed by atoms with Gasteiger partial charge in [-0.15, -0.1) is 0 Å². The third-order valence-corrected chi connectivity index (χ3v) is 4.34. The molecule has 1 N–H and O–H groups in total. The van der Waals surface area contributed by atoms with Crippen LogP contribution < -0.4 is 5.56 Å². The Morgan fingerprint density at radius 2 is 2.26 bits per heavy atom. The van der Waals surface area contributed by atoms with E-state index in [1.807, 2.05) is 19.1 Å². The highest BCUT2D eigenvalue weighted by Crippen LogP contribution is 2.15. The van der Waals surface area contributed by atoms with Gasteiger partial charge in [-0.2, -0.15) is 0 Å². The van der Waals surface area contributed by atoms with Crippen LogP contribution in [0.1, 0.15) is 17.5 Å². The number of fused-ring (bicyclic) bond motifs is 1. The van der Waals surface area contributed by atoms with Crippen LogP contribution >= 0.6 is 0 Å². The molecule has 0 saturated carbocycles. The number of morpholine rings is 1. The van der Waals surface area contributed by atoms with E-state index in [0.29, 0.717) is 19.8 Å². The van der Waals surface area contributed by atoms with Crippen molar-refractivity contribution in [1.82, 2.24) is 9.88 Å². The molecule has 1 fully saturated rings. The third kappa shape index (κ3) is 3.99. The van der Waals surface area contributed by atoms with Crippen molar-refractivity contribution in [2.45, 2.75) is 26.0 Å². The molecule has 2 aromatic rings. The van der Waals surface area contributed by atoms with Gasteiger partial charge in [0.1, 0.15) is 0 Å². The van der Waals surface area contributed by atoms with Crippen molar-refractivity contribution >= 4 is 10.9 Å². The van der Waals surface area contributed by atoms with Crippen LogP contribution in [0.5, 0.6) is 0 Å². The van der Waals surface area contributed by atoms with Gasteiger partial charge in [-0.1, -0.05) is 12.1 Å². The summed E-state index contributed by atoms with van der Waals surface area (Å²) in [6.07, 6.45) is 1.08. The number of H-pyrrole nitrogens is 1. The molecule has 1 aromatic carbocycles. The normalized spacial score (nSPS) is 19.3. The van der Waals surface area contributed by atoms with Crippen LogP contribution in [0.4, 0.5) is 0 Å². The average molecular weight is 316 g/mol. The lowest BCUT2D eigenvalue weighted by Crippen LogP contribution is -2.43. The van der Waals surface area contributed by atoms with E-state index in [4.69, 9.17) is 9.47 Å². The van der Waals surface area contributed by atoms with Gasteiger partial charge in [0.2, 0.25) is 0 Å². The molecule has 23 heavy (non-hydrogen) atoms. The number of nitrogens with zero attached hydrogens (tertiary/aromatic N) is 1. The van der Waals surface area contributed by atoms with Crippen molar-refractivity contribution in [2.24, 2.45) is 0 Å². The zero-order valence-electron chi connectivity index (χ0n) is 13.8. The summed E-state index contributed by atoms with van der Waals surface area (Å²) in [6, 6.07) is 8.15. The van der Waals surface area contributed by atoms with E-state index in [2.05, 4.69) is 22.0 Å². The lowest BCUT2D eigenvalue weighted by atomic mass is 10.1. The Morgan fingerprint density at radius 1 is 1.39 bits per heavy atom. The summed E-state index contributed by atoms with van der Waals surface area (Å²) < 4.78 is 10.9. The van der Waals surface area contributed by atoms with Crippen molar-refractivity contribution < 1.29 is 9.47 Å². The number of hydrogen-bond donors (Lipinski definition) is 1. The predicted octanol–water partition coefficient (Wildman–Crippen LogP) is 2.07. The van der Waals surface area contributed by atoms with E-state index in [9.17, 15) is 4.79 Å². The smallest absolute Gasteiger partial charge is 0.252 e. The molecule has 0 bridgehead atoms. The minimum absolute atomic E-state index is 0.00281. The van der Waals surface area contributed by atoms with Gasteiger partial charge in [-0.25, -0.2) is 0 Å². The lowest BCUT2D eigenvalue weighted by Gasteiger charge is -2.32. The van der Waals surface area contributed by atoms with Gasteiger partial charge in [0.25, 0.3) is 5.56 Å². The van der Waals surface area contributed by atoms with Crippen LogP contribution in [-0.2, 0) is 16.0 Å². The van der Waals surface area contributed by atoms with Crippen molar-refractivity contribution in [3.8, 4) is 0 Å². The zero-order valence-corrected chi connectivity index (χ0v) is 13.8. The number of rotatable bonds is 5. The summed E-state index contributed by atoms with van der Waals surface area (Å²) >= 11 is 0. The van der Waals surface area contributed by atoms with Crippen molar-refractivity contribution in [1.29, 1.82) is 0 Å². The average Bonchev–Trinajstić information content (AvgIpc) is 2.54. The first kappa shape index (κ1) is 16.2. The Kier molecular flexibility index (Phi) is 5.10. The minimum Gasteiger partial charge on any atom is -0.385 e. The number of methoxy groups -OCH3 is 1. The molecular weight excluding hydrogens is 292 g/mol. The van der Waals surface area contributed by atoms with Crippen molar-refractivity contribution in [2.75, 3.05) is 33.4 Å². The van der Waals surface area contributed by atoms with Crippen LogP contribution in [0.15, 0.2) is 29.1 Å². The molecule has 5 heteroatoms. The SMILES string of the molecule is COCC[C@@H]1CN(Cc2cc3ccc(C)cc3[nH]c2=O)CCO1. The summed E-state index contributed by atoms with van der Waals surface area (Å²) in [6.45, 7) is 5.79. The van der Waals surface area contributed by atoms with Crippen LogP contribution in [0.25, 0.3) is 10.9 Å². The number of aromatic amines is 1. The molecule has 124 valence electrons. The first-order chi connectivity index (χ1) is 11.2. The fourth-order valence-electron chi connectivity index (χ4n) is 3.07.